The summed E-state index contributed by atoms with van der Waals surface area (Å²) in [5, 5.41) is 7.87. The molecule has 0 spiro atoms. The van der Waals surface area contributed by atoms with E-state index in [4.69, 9.17) is 0 Å². The molecule has 7 nitrogen and oxygen atoms in total. The fourth-order valence-electron chi connectivity index (χ4n) is 4.72. The largest absolute Gasteiger partial charge is 0.311 e. The van der Waals surface area contributed by atoms with Crippen LogP contribution < -0.4 is 10.0 Å². The maximum atomic E-state index is 12.9. The molecule has 0 radical (unpaired) electrons. The first kappa shape index (κ1) is 17.0. The molecule has 25 heavy (non-hydrogen) atoms. The van der Waals surface area contributed by atoms with Gasteiger partial charge in [0.1, 0.15) is 4.90 Å². The van der Waals surface area contributed by atoms with E-state index >= 15 is 0 Å². The average molecular weight is 366 g/mol. The molecule has 1 saturated carbocycles. The van der Waals surface area contributed by atoms with E-state index in [1.807, 2.05) is 0 Å². The molecule has 0 aromatic carbocycles. The van der Waals surface area contributed by atoms with Crippen LogP contribution in [0.3, 0.4) is 0 Å². The maximum Gasteiger partial charge on any atom is 0.267 e. The van der Waals surface area contributed by atoms with E-state index in [1.165, 1.54) is 10.9 Å². The van der Waals surface area contributed by atoms with Crippen molar-refractivity contribution in [2.75, 3.05) is 0 Å². The zero-order valence-electron chi connectivity index (χ0n) is 14.6. The van der Waals surface area contributed by atoms with Crippen LogP contribution in [-0.2, 0) is 21.9 Å². The molecule has 2 N–H and O–H groups in total. The Morgan fingerprint density at radius 2 is 1.84 bits per heavy atom. The van der Waals surface area contributed by atoms with Crippen molar-refractivity contribution in [1.29, 1.82) is 0 Å². The lowest BCUT2D eigenvalue weighted by Gasteiger charge is -2.28. The van der Waals surface area contributed by atoms with E-state index in [1.54, 1.807) is 7.05 Å². The molecule has 3 fully saturated rings. The van der Waals surface area contributed by atoms with Gasteiger partial charge in [0.2, 0.25) is 5.91 Å². The molecule has 8 heteroatoms. The second-order valence-electron chi connectivity index (χ2n) is 7.81. The number of aryl methyl sites for hydroxylation is 1. The lowest BCUT2D eigenvalue weighted by atomic mass is 9.92. The number of piperidine rings is 1. The third-order valence-corrected chi connectivity index (χ3v) is 7.30. The summed E-state index contributed by atoms with van der Waals surface area (Å²) >= 11 is 0. The predicted octanol–water partition coefficient (Wildman–Crippen LogP) is 1.41. The molecule has 1 aromatic rings. The van der Waals surface area contributed by atoms with Gasteiger partial charge >= 0.3 is 0 Å². The van der Waals surface area contributed by atoms with Crippen molar-refractivity contribution in [2.45, 2.75) is 74.3 Å². The van der Waals surface area contributed by atoms with Gasteiger partial charge in [0.25, 0.3) is 10.0 Å². The number of carbonyl (C=O) groups is 1. The topological polar surface area (TPSA) is 93.1 Å². The standard InChI is InChI=1S/C17H26N4O3S/c1-21-10-15(16(19-21)11-4-2-3-5-11)25(23,24)20-17(22)12-8-13-6-7-14(9-12)18-13/h10-14,18H,2-9H2,1H3,(H,20,22)/t12?,13-,14+. The number of fused-ring (bicyclic) bond motifs is 2. The van der Waals surface area contributed by atoms with E-state index in [-0.39, 0.29) is 22.6 Å². The summed E-state index contributed by atoms with van der Waals surface area (Å²) in [6, 6.07) is 0.703. The predicted molar refractivity (Wildman–Crippen MR) is 92.4 cm³/mol. The summed E-state index contributed by atoms with van der Waals surface area (Å²) in [7, 11) is -2.15. The Hall–Kier alpha value is -1.41. The molecule has 1 aliphatic carbocycles. The van der Waals surface area contributed by atoms with Crippen molar-refractivity contribution in [3.05, 3.63) is 11.9 Å². The number of hydrogen-bond acceptors (Lipinski definition) is 5. The molecular formula is C17H26N4O3S. The van der Waals surface area contributed by atoms with Crippen LogP contribution in [0.25, 0.3) is 0 Å². The van der Waals surface area contributed by atoms with E-state index < -0.39 is 10.0 Å². The van der Waals surface area contributed by atoms with Gasteiger partial charge in [-0.25, -0.2) is 13.1 Å². The molecule has 1 unspecified atom stereocenters. The van der Waals surface area contributed by atoms with Gasteiger partial charge in [-0.15, -0.1) is 0 Å². The minimum atomic E-state index is -3.87. The third-order valence-electron chi connectivity index (χ3n) is 5.93. The SMILES string of the molecule is Cn1cc(S(=O)(=O)NC(=O)C2C[C@H]3CC[C@@H](C2)N3)c(C2CCCC2)n1. The highest BCUT2D eigenvalue weighted by Crippen LogP contribution is 2.36. The lowest BCUT2D eigenvalue weighted by molar-refractivity contribution is -0.124. The molecule has 3 heterocycles. The van der Waals surface area contributed by atoms with Crippen molar-refractivity contribution in [1.82, 2.24) is 19.8 Å². The fourth-order valence-corrected chi connectivity index (χ4v) is 6.03. The van der Waals surface area contributed by atoms with Crippen LogP contribution in [0.2, 0.25) is 0 Å². The number of nitrogens with zero attached hydrogens (tertiary/aromatic N) is 2. The summed E-state index contributed by atoms with van der Waals surface area (Å²) in [6.45, 7) is 0. The Morgan fingerprint density at radius 3 is 2.48 bits per heavy atom. The number of rotatable bonds is 4. The summed E-state index contributed by atoms with van der Waals surface area (Å²) in [4.78, 5) is 12.8. The molecule has 1 aromatic heterocycles. The van der Waals surface area contributed by atoms with Gasteiger partial charge < -0.3 is 5.32 Å². The Labute approximate surface area is 148 Å². The number of carbonyl (C=O) groups excluding carboxylic acids is 1. The Morgan fingerprint density at radius 1 is 1.20 bits per heavy atom. The molecule has 3 aliphatic rings. The van der Waals surface area contributed by atoms with Crippen LogP contribution in [0.15, 0.2) is 11.1 Å². The summed E-state index contributed by atoms with van der Waals surface area (Å²) in [5.41, 5.74) is 0.616. The lowest BCUT2D eigenvalue weighted by Crippen LogP contribution is -2.45. The monoisotopic (exact) mass is 366 g/mol. The van der Waals surface area contributed by atoms with Gasteiger partial charge in [-0.05, 0) is 38.5 Å². The van der Waals surface area contributed by atoms with E-state index in [9.17, 15) is 13.2 Å². The molecule has 2 aliphatic heterocycles. The molecule has 4 rings (SSSR count). The molecular weight excluding hydrogens is 340 g/mol. The van der Waals surface area contributed by atoms with Gasteiger partial charge in [0.05, 0.1) is 5.69 Å². The Kier molecular flexibility index (Phi) is 4.35. The highest BCUT2D eigenvalue weighted by atomic mass is 32.2. The number of nitrogens with one attached hydrogen (secondary N) is 2. The number of hydrogen-bond donors (Lipinski definition) is 2. The van der Waals surface area contributed by atoms with Gasteiger partial charge in [-0.2, -0.15) is 5.10 Å². The van der Waals surface area contributed by atoms with Crippen LogP contribution >= 0.6 is 0 Å². The molecule has 1 amide bonds. The van der Waals surface area contributed by atoms with Gasteiger partial charge in [-0.1, -0.05) is 12.8 Å². The second kappa shape index (κ2) is 6.39. The van der Waals surface area contributed by atoms with Gasteiger partial charge in [-0.3, -0.25) is 9.48 Å². The summed E-state index contributed by atoms with van der Waals surface area (Å²) in [5.74, 6) is -0.405. The quantitative estimate of drug-likeness (QED) is 0.840. The van der Waals surface area contributed by atoms with Crippen LogP contribution in [-0.4, -0.2) is 36.2 Å². The van der Waals surface area contributed by atoms with Crippen LogP contribution in [0.1, 0.15) is 63.0 Å². The zero-order chi connectivity index (χ0) is 17.6. The van der Waals surface area contributed by atoms with Crippen molar-refractivity contribution < 1.29 is 13.2 Å². The minimum absolute atomic E-state index is 0.173. The molecule has 138 valence electrons. The van der Waals surface area contributed by atoms with Crippen LogP contribution in [0.4, 0.5) is 0 Å². The first-order valence-electron chi connectivity index (χ1n) is 9.28. The van der Waals surface area contributed by atoms with E-state index in [0.29, 0.717) is 17.8 Å². The maximum absolute atomic E-state index is 12.9. The minimum Gasteiger partial charge on any atom is -0.311 e. The molecule has 3 atom stereocenters. The smallest absolute Gasteiger partial charge is 0.267 e. The summed E-state index contributed by atoms with van der Waals surface area (Å²) in [6.07, 6.45) is 9.26. The number of amides is 1. The Bertz CT molecular complexity index is 755. The van der Waals surface area contributed by atoms with Crippen LogP contribution in [0, 0.1) is 5.92 Å². The first-order valence-corrected chi connectivity index (χ1v) is 10.8. The molecule has 2 saturated heterocycles. The summed E-state index contributed by atoms with van der Waals surface area (Å²) < 4.78 is 29.6. The van der Waals surface area contributed by atoms with Crippen molar-refractivity contribution in [3.63, 3.8) is 0 Å². The van der Waals surface area contributed by atoms with E-state index in [0.717, 1.165) is 51.4 Å². The zero-order valence-corrected chi connectivity index (χ0v) is 15.4. The fraction of sp³-hybridized carbons (Fsp3) is 0.765. The highest BCUT2D eigenvalue weighted by Gasteiger charge is 2.38. The van der Waals surface area contributed by atoms with E-state index in [2.05, 4.69) is 15.1 Å². The Balaban J connectivity index is 1.53. The third kappa shape index (κ3) is 3.33. The van der Waals surface area contributed by atoms with Crippen molar-refractivity contribution in [2.24, 2.45) is 13.0 Å². The highest BCUT2D eigenvalue weighted by molar-refractivity contribution is 7.90. The van der Waals surface area contributed by atoms with Gasteiger partial charge in [0.15, 0.2) is 0 Å². The van der Waals surface area contributed by atoms with Crippen molar-refractivity contribution >= 4 is 15.9 Å². The van der Waals surface area contributed by atoms with Crippen LogP contribution in [0.5, 0.6) is 0 Å². The molecule has 2 bridgehead atoms. The average Bonchev–Trinajstić information content (AvgIpc) is 3.27. The van der Waals surface area contributed by atoms with Gasteiger partial charge in [0, 0.05) is 37.2 Å². The number of aromatic nitrogens is 2. The normalized spacial score (nSPS) is 29.9. The first-order chi connectivity index (χ1) is 11.9. The number of sulfonamides is 1. The second-order valence-corrected chi connectivity index (χ2v) is 9.46. The van der Waals surface area contributed by atoms with Crippen molar-refractivity contribution in [3.8, 4) is 0 Å².